The summed E-state index contributed by atoms with van der Waals surface area (Å²) in [5.41, 5.74) is 1.91. The Labute approximate surface area is 205 Å². The number of benzene rings is 2. The molecule has 0 spiro atoms. The molecule has 3 aromatic rings. The van der Waals surface area contributed by atoms with Crippen molar-refractivity contribution in [2.45, 2.75) is 19.8 Å². The molecule has 0 unspecified atom stereocenters. The molecule has 1 fully saturated rings. The van der Waals surface area contributed by atoms with Crippen LogP contribution in [-0.2, 0) is 9.59 Å². The fourth-order valence-corrected chi connectivity index (χ4v) is 3.95. The third-order valence-electron chi connectivity index (χ3n) is 5.31. The SMILES string of the molecule is CC(C)c1ccc(N2C(=O)/C(=C\c3ccc(-c4ccc(Cl)c(C(=O)O)c4)o3)C(=O)NC2=S)cc1. The third kappa shape index (κ3) is 4.50. The number of hydrogen-bond donors (Lipinski definition) is 2. The zero-order valence-electron chi connectivity index (χ0n) is 18.2. The standard InChI is InChI=1S/C25H19ClN2O5S/c1-13(2)14-3-6-16(7-4-14)28-23(30)19(22(29)27-25(28)34)12-17-8-10-21(33-17)15-5-9-20(26)18(11-15)24(31)32/h3-13H,1-2H3,(H,31,32)(H,27,29,34)/b19-12-. The summed E-state index contributed by atoms with van der Waals surface area (Å²) in [5, 5.41) is 11.9. The van der Waals surface area contributed by atoms with Crippen LogP contribution in [0.3, 0.4) is 0 Å². The third-order valence-corrected chi connectivity index (χ3v) is 5.93. The van der Waals surface area contributed by atoms with Crippen LogP contribution in [0.1, 0.15) is 41.4 Å². The number of nitrogens with one attached hydrogen (secondary N) is 1. The Bertz CT molecular complexity index is 1360. The number of hydrogen-bond acceptors (Lipinski definition) is 5. The fraction of sp³-hybridized carbons (Fsp3) is 0.120. The van der Waals surface area contributed by atoms with E-state index in [1.165, 1.54) is 23.1 Å². The number of carbonyl (C=O) groups is 3. The second-order valence-corrected chi connectivity index (χ2v) is 8.70. The summed E-state index contributed by atoms with van der Waals surface area (Å²) < 4.78 is 5.76. The van der Waals surface area contributed by atoms with Gasteiger partial charge in [0.1, 0.15) is 17.1 Å². The minimum Gasteiger partial charge on any atom is -0.478 e. The molecule has 2 amide bonds. The lowest BCUT2D eigenvalue weighted by Gasteiger charge is -2.29. The van der Waals surface area contributed by atoms with Crippen LogP contribution in [0.25, 0.3) is 17.4 Å². The number of aromatic carboxylic acids is 1. The van der Waals surface area contributed by atoms with E-state index in [2.05, 4.69) is 19.2 Å². The lowest BCUT2D eigenvalue weighted by Crippen LogP contribution is -2.54. The number of halogens is 1. The van der Waals surface area contributed by atoms with Gasteiger partial charge in [-0.1, -0.05) is 37.6 Å². The van der Waals surface area contributed by atoms with Crippen LogP contribution in [0.2, 0.25) is 5.02 Å². The maximum Gasteiger partial charge on any atom is 0.337 e. The van der Waals surface area contributed by atoms with Crippen LogP contribution in [0, 0.1) is 0 Å². The molecule has 0 aliphatic carbocycles. The van der Waals surface area contributed by atoms with E-state index in [1.807, 2.05) is 12.1 Å². The molecule has 1 saturated heterocycles. The largest absolute Gasteiger partial charge is 0.478 e. The summed E-state index contributed by atoms with van der Waals surface area (Å²) in [5.74, 6) is -1.46. The van der Waals surface area contributed by atoms with Gasteiger partial charge in [0.2, 0.25) is 0 Å². The molecule has 0 bridgehead atoms. The number of furan rings is 1. The Morgan fingerprint density at radius 2 is 1.82 bits per heavy atom. The van der Waals surface area contributed by atoms with Crippen LogP contribution in [0.5, 0.6) is 0 Å². The molecular weight excluding hydrogens is 476 g/mol. The zero-order chi connectivity index (χ0) is 24.6. The number of thiocarbonyl (C=S) groups is 1. The first-order valence-corrected chi connectivity index (χ1v) is 11.1. The molecule has 1 aliphatic rings. The normalized spacial score (nSPS) is 15.2. The molecule has 172 valence electrons. The van der Waals surface area contributed by atoms with Gasteiger partial charge in [0.25, 0.3) is 11.8 Å². The van der Waals surface area contributed by atoms with Gasteiger partial charge in [0.05, 0.1) is 16.3 Å². The Kier molecular flexibility index (Phi) is 6.37. The highest BCUT2D eigenvalue weighted by Gasteiger charge is 2.34. The van der Waals surface area contributed by atoms with Gasteiger partial charge in [0.15, 0.2) is 5.11 Å². The van der Waals surface area contributed by atoms with Gasteiger partial charge >= 0.3 is 5.97 Å². The smallest absolute Gasteiger partial charge is 0.337 e. The fourth-order valence-electron chi connectivity index (χ4n) is 3.47. The van der Waals surface area contributed by atoms with Crippen molar-refractivity contribution >= 4 is 58.5 Å². The minimum absolute atomic E-state index is 0.00746. The summed E-state index contributed by atoms with van der Waals surface area (Å²) in [7, 11) is 0. The highest BCUT2D eigenvalue weighted by molar-refractivity contribution is 7.80. The maximum atomic E-state index is 13.2. The average Bonchev–Trinajstić information content (AvgIpc) is 3.25. The van der Waals surface area contributed by atoms with Crippen molar-refractivity contribution < 1.29 is 23.9 Å². The van der Waals surface area contributed by atoms with Crippen molar-refractivity contribution in [3.63, 3.8) is 0 Å². The second-order valence-electron chi connectivity index (χ2n) is 7.91. The van der Waals surface area contributed by atoms with Crippen molar-refractivity contribution in [1.29, 1.82) is 0 Å². The number of nitrogens with zero attached hydrogens (tertiary/aromatic N) is 1. The highest BCUT2D eigenvalue weighted by atomic mass is 35.5. The number of carboxylic acids is 1. The van der Waals surface area contributed by atoms with E-state index >= 15 is 0 Å². The first-order chi connectivity index (χ1) is 16.2. The predicted octanol–water partition coefficient (Wildman–Crippen LogP) is 5.25. The predicted molar refractivity (Wildman–Crippen MR) is 133 cm³/mol. The first-order valence-electron chi connectivity index (χ1n) is 10.3. The van der Waals surface area contributed by atoms with Crippen LogP contribution in [-0.4, -0.2) is 28.0 Å². The molecule has 9 heteroatoms. The molecular formula is C25H19ClN2O5S. The molecule has 0 radical (unpaired) electrons. The average molecular weight is 495 g/mol. The van der Waals surface area contributed by atoms with Crippen molar-refractivity contribution in [3.8, 4) is 11.3 Å². The number of carbonyl (C=O) groups excluding carboxylic acids is 2. The summed E-state index contributed by atoms with van der Waals surface area (Å²) >= 11 is 11.2. The van der Waals surface area contributed by atoms with Crippen LogP contribution in [0.4, 0.5) is 5.69 Å². The highest BCUT2D eigenvalue weighted by Crippen LogP contribution is 2.29. The first kappa shape index (κ1) is 23.4. The van der Waals surface area contributed by atoms with Crippen molar-refractivity contribution in [2.75, 3.05) is 4.90 Å². The van der Waals surface area contributed by atoms with Crippen LogP contribution >= 0.6 is 23.8 Å². The van der Waals surface area contributed by atoms with Crippen molar-refractivity contribution in [3.05, 3.63) is 82.1 Å². The molecule has 7 nitrogen and oxygen atoms in total. The van der Waals surface area contributed by atoms with E-state index < -0.39 is 17.8 Å². The zero-order valence-corrected chi connectivity index (χ0v) is 19.7. The van der Waals surface area contributed by atoms with Crippen molar-refractivity contribution in [2.24, 2.45) is 0 Å². The summed E-state index contributed by atoms with van der Waals surface area (Å²) in [6.45, 7) is 4.13. The van der Waals surface area contributed by atoms with E-state index in [9.17, 15) is 19.5 Å². The quantitative estimate of drug-likeness (QED) is 0.285. The number of anilines is 1. The van der Waals surface area contributed by atoms with Crippen molar-refractivity contribution in [1.82, 2.24) is 5.32 Å². The second kappa shape index (κ2) is 9.24. The van der Waals surface area contributed by atoms with Gasteiger partial charge in [0, 0.05) is 5.56 Å². The van der Waals surface area contributed by atoms with E-state index in [1.54, 1.807) is 30.3 Å². The molecule has 34 heavy (non-hydrogen) atoms. The van der Waals surface area contributed by atoms with Gasteiger partial charge in [-0.05, 0) is 72.2 Å². The Morgan fingerprint density at radius 1 is 1.12 bits per heavy atom. The van der Waals surface area contributed by atoms with Gasteiger partial charge < -0.3 is 9.52 Å². The van der Waals surface area contributed by atoms with Gasteiger partial charge in [-0.15, -0.1) is 0 Å². The molecule has 0 saturated carbocycles. The summed E-state index contributed by atoms with van der Waals surface area (Å²) in [6.07, 6.45) is 1.33. The van der Waals surface area contributed by atoms with E-state index in [-0.39, 0.29) is 27.0 Å². The Hall–Kier alpha value is -3.75. The van der Waals surface area contributed by atoms with E-state index in [0.717, 1.165) is 5.56 Å². The van der Waals surface area contributed by atoms with Gasteiger partial charge in [-0.25, -0.2) is 4.79 Å². The van der Waals surface area contributed by atoms with E-state index in [0.29, 0.717) is 22.9 Å². The van der Waals surface area contributed by atoms with Gasteiger partial charge in [-0.3, -0.25) is 19.8 Å². The van der Waals surface area contributed by atoms with Gasteiger partial charge in [-0.2, -0.15) is 0 Å². The molecule has 2 N–H and O–H groups in total. The van der Waals surface area contributed by atoms with Crippen LogP contribution < -0.4 is 10.2 Å². The summed E-state index contributed by atoms with van der Waals surface area (Å²) in [4.78, 5) is 38.3. The Balaban J connectivity index is 1.65. The molecule has 2 aromatic carbocycles. The topological polar surface area (TPSA) is 99.8 Å². The minimum atomic E-state index is -1.16. The van der Waals surface area contributed by atoms with Crippen LogP contribution in [0.15, 0.2) is 64.6 Å². The van der Waals surface area contributed by atoms with E-state index in [4.69, 9.17) is 28.2 Å². The maximum absolute atomic E-state index is 13.2. The molecule has 0 atom stereocenters. The lowest BCUT2D eigenvalue weighted by atomic mass is 10.0. The Morgan fingerprint density at radius 3 is 2.47 bits per heavy atom. The molecule has 2 heterocycles. The molecule has 1 aromatic heterocycles. The molecule has 4 rings (SSSR count). The number of rotatable bonds is 5. The summed E-state index contributed by atoms with van der Waals surface area (Å²) in [6, 6.07) is 15.0. The monoisotopic (exact) mass is 494 g/mol. The number of amides is 2. The lowest BCUT2D eigenvalue weighted by molar-refractivity contribution is -0.122. The molecule has 1 aliphatic heterocycles. The number of carboxylic acid groups (broad SMARTS) is 1.